The normalized spacial score (nSPS) is 21.3. The standard InChI is InChI=1S/C11H17NO4/c1-2-7-12-9(13)5-3-8(11(12)16)4-6-10(14)15/h8H,2-7H2,1H3,(H,14,15). The SMILES string of the molecule is CCCN1C(=O)CCC(CCC(=O)O)C1=O. The van der Waals surface area contributed by atoms with Crippen LogP contribution in [0, 0.1) is 5.92 Å². The average Bonchev–Trinajstić information content (AvgIpc) is 2.23. The number of aliphatic carboxylic acids is 1. The van der Waals surface area contributed by atoms with Crippen LogP contribution >= 0.6 is 0 Å². The van der Waals surface area contributed by atoms with Crippen molar-refractivity contribution in [2.75, 3.05) is 6.54 Å². The minimum Gasteiger partial charge on any atom is -0.481 e. The summed E-state index contributed by atoms with van der Waals surface area (Å²) in [6.45, 7) is 2.35. The Labute approximate surface area is 94.4 Å². The molecule has 1 aliphatic rings. The van der Waals surface area contributed by atoms with Gasteiger partial charge in [-0.2, -0.15) is 0 Å². The number of likely N-dealkylation sites (tertiary alicyclic amines) is 1. The molecule has 5 heteroatoms. The molecule has 1 heterocycles. The summed E-state index contributed by atoms with van der Waals surface area (Å²) in [5.41, 5.74) is 0. The van der Waals surface area contributed by atoms with Crippen molar-refractivity contribution < 1.29 is 19.5 Å². The van der Waals surface area contributed by atoms with E-state index >= 15 is 0 Å². The molecule has 2 amide bonds. The maximum absolute atomic E-state index is 11.9. The van der Waals surface area contributed by atoms with E-state index in [1.807, 2.05) is 6.92 Å². The van der Waals surface area contributed by atoms with Crippen LogP contribution in [0.4, 0.5) is 0 Å². The molecule has 1 rings (SSSR count). The lowest BCUT2D eigenvalue weighted by Crippen LogP contribution is -2.45. The summed E-state index contributed by atoms with van der Waals surface area (Å²) in [5, 5.41) is 8.56. The summed E-state index contributed by atoms with van der Waals surface area (Å²) < 4.78 is 0. The van der Waals surface area contributed by atoms with Gasteiger partial charge in [-0.1, -0.05) is 6.92 Å². The van der Waals surface area contributed by atoms with E-state index in [1.54, 1.807) is 0 Å². The van der Waals surface area contributed by atoms with Gasteiger partial charge in [0.25, 0.3) is 0 Å². The molecule has 1 saturated heterocycles. The van der Waals surface area contributed by atoms with Crippen LogP contribution in [0.1, 0.15) is 39.0 Å². The lowest BCUT2D eigenvalue weighted by atomic mass is 9.92. The highest BCUT2D eigenvalue weighted by Gasteiger charge is 2.33. The van der Waals surface area contributed by atoms with E-state index in [0.717, 1.165) is 6.42 Å². The van der Waals surface area contributed by atoms with E-state index in [4.69, 9.17) is 5.11 Å². The van der Waals surface area contributed by atoms with Crippen LogP contribution in [0.25, 0.3) is 0 Å². The van der Waals surface area contributed by atoms with Crippen LogP contribution in [-0.4, -0.2) is 34.3 Å². The molecular weight excluding hydrogens is 210 g/mol. The molecule has 5 nitrogen and oxygen atoms in total. The predicted molar refractivity (Wildman–Crippen MR) is 56.6 cm³/mol. The molecule has 1 fully saturated rings. The van der Waals surface area contributed by atoms with Crippen molar-refractivity contribution in [3.8, 4) is 0 Å². The Hall–Kier alpha value is -1.39. The van der Waals surface area contributed by atoms with Gasteiger partial charge in [-0.05, 0) is 19.3 Å². The molecule has 0 aliphatic carbocycles. The van der Waals surface area contributed by atoms with Gasteiger partial charge in [-0.25, -0.2) is 0 Å². The Morgan fingerprint density at radius 3 is 2.75 bits per heavy atom. The van der Waals surface area contributed by atoms with Gasteiger partial charge in [0.2, 0.25) is 11.8 Å². The van der Waals surface area contributed by atoms with E-state index in [2.05, 4.69) is 0 Å². The first-order chi connectivity index (χ1) is 7.56. The number of hydrogen-bond donors (Lipinski definition) is 1. The highest BCUT2D eigenvalue weighted by Crippen LogP contribution is 2.23. The third-order valence-corrected chi connectivity index (χ3v) is 2.78. The van der Waals surface area contributed by atoms with Gasteiger partial charge in [0.15, 0.2) is 0 Å². The largest absolute Gasteiger partial charge is 0.481 e. The number of carboxylic acids is 1. The Morgan fingerprint density at radius 1 is 1.50 bits per heavy atom. The Balaban J connectivity index is 2.57. The number of carboxylic acid groups (broad SMARTS) is 1. The number of amides is 2. The fourth-order valence-corrected chi connectivity index (χ4v) is 1.92. The average molecular weight is 227 g/mol. The smallest absolute Gasteiger partial charge is 0.303 e. The maximum atomic E-state index is 11.9. The molecule has 90 valence electrons. The first kappa shape index (κ1) is 12.7. The molecule has 0 bridgehead atoms. The van der Waals surface area contributed by atoms with Crippen LogP contribution in [0.15, 0.2) is 0 Å². The second-order valence-corrected chi connectivity index (χ2v) is 4.05. The van der Waals surface area contributed by atoms with E-state index in [0.29, 0.717) is 25.8 Å². The van der Waals surface area contributed by atoms with E-state index < -0.39 is 5.97 Å². The second kappa shape index (κ2) is 5.63. The summed E-state index contributed by atoms with van der Waals surface area (Å²) in [6, 6.07) is 0. The number of carbonyl (C=O) groups is 3. The minimum absolute atomic E-state index is 0.00936. The third kappa shape index (κ3) is 3.05. The van der Waals surface area contributed by atoms with Crippen LogP contribution in [0.5, 0.6) is 0 Å². The van der Waals surface area contributed by atoms with Gasteiger partial charge in [0, 0.05) is 25.3 Å². The van der Waals surface area contributed by atoms with Gasteiger partial charge >= 0.3 is 5.97 Å². The van der Waals surface area contributed by atoms with E-state index in [1.165, 1.54) is 4.90 Å². The van der Waals surface area contributed by atoms with Crippen molar-refractivity contribution in [1.29, 1.82) is 0 Å². The number of hydrogen-bond acceptors (Lipinski definition) is 3. The lowest BCUT2D eigenvalue weighted by molar-refractivity contribution is -0.152. The Morgan fingerprint density at radius 2 is 2.19 bits per heavy atom. The molecule has 0 saturated carbocycles. The molecular formula is C11H17NO4. The molecule has 0 aromatic rings. The maximum Gasteiger partial charge on any atom is 0.303 e. The van der Waals surface area contributed by atoms with Crippen molar-refractivity contribution >= 4 is 17.8 Å². The van der Waals surface area contributed by atoms with E-state index in [9.17, 15) is 14.4 Å². The first-order valence-corrected chi connectivity index (χ1v) is 5.62. The van der Waals surface area contributed by atoms with Gasteiger partial charge < -0.3 is 5.11 Å². The van der Waals surface area contributed by atoms with Gasteiger partial charge in [-0.15, -0.1) is 0 Å². The second-order valence-electron chi connectivity index (χ2n) is 4.05. The molecule has 1 unspecified atom stereocenters. The zero-order valence-electron chi connectivity index (χ0n) is 9.44. The molecule has 0 radical (unpaired) electrons. The number of rotatable bonds is 5. The fraction of sp³-hybridized carbons (Fsp3) is 0.727. The molecule has 0 aromatic carbocycles. The zero-order chi connectivity index (χ0) is 12.1. The fourth-order valence-electron chi connectivity index (χ4n) is 1.92. The third-order valence-electron chi connectivity index (χ3n) is 2.78. The number of imide groups is 1. The van der Waals surface area contributed by atoms with Gasteiger partial charge in [0.1, 0.15) is 0 Å². The van der Waals surface area contributed by atoms with Crippen molar-refractivity contribution in [2.45, 2.75) is 39.0 Å². The summed E-state index contributed by atoms with van der Waals surface area (Å²) in [5.74, 6) is -1.51. The van der Waals surface area contributed by atoms with Crippen LogP contribution in [0.2, 0.25) is 0 Å². The van der Waals surface area contributed by atoms with Crippen molar-refractivity contribution in [3.63, 3.8) is 0 Å². The van der Waals surface area contributed by atoms with Crippen LogP contribution in [-0.2, 0) is 14.4 Å². The zero-order valence-corrected chi connectivity index (χ0v) is 9.44. The van der Waals surface area contributed by atoms with Crippen molar-refractivity contribution in [1.82, 2.24) is 4.90 Å². The summed E-state index contributed by atoms with van der Waals surface area (Å²) in [7, 11) is 0. The van der Waals surface area contributed by atoms with Crippen molar-refractivity contribution in [2.24, 2.45) is 5.92 Å². The lowest BCUT2D eigenvalue weighted by Gasteiger charge is -2.30. The molecule has 16 heavy (non-hydrogen) atoms. The molecule has 0 spiro atoms. The monoisotopic (exact) mass is 227 g/mol. The molecule has 1 N–H and O–H groups in total. The number of piperidine rings is 1. The summed E-state index contributed by atoms with van der Waals surface area (Å²) >= 11 is 0. The molecule has 1 atom stereocenters. The topological polar surface area (TPSA) is 74.7 Å². The van der Waals surface area contributed by atoms with Crippen LogP contribution < -0.4 is 0 Å². The first-order valence-electron chi connectivity index (χ1n) is 5.62. The molecule has 0 aromatic heterocycles. The quantitative estimate of drug-likeness (QED) is 0.712. The minimum atomic E-state index is -0.897. The predicted octanol–water partition coefficient (Wildman–Crippen LogP) is 1.03. The highest BCUT2D eigenvalue weighted by molar-refractivity contribution is 5.98. The summed E-state index contributed by atoms with van der Waals surface area (Å²) in [4.78, 5) is 35.0. The van der Waals surface area contributed by atoms with Gasteiger partial charge in [0.05, 0.1) is 0 Å². The summed E-state index contributed by atoms with van der Waals surface area (Å²) in [6.07, 6.45) is 1.91. The molecule has 1 aliphatic heterocycles. The Kier molecular flexibility index (Phi) is 4.46. The number of nitrogens with zero attached hydrogens (tertiary/aromatic N) is 1. The highest BCUT2D eigenvalue weighted by atomic mass is 16.4. The Bertz CT molecular complexity index is 300. The van der Waals surface area contributed by atoms with E-state index in [-0.39, 0.29) is 24.2 Å². The van der Waals surface area contributed by atoms with Gasteiger partial charge in [-0.3, -0.25) is 19.3 Å². The van der Waals surface area contributed by atoms with Crippen LogP contribution in [0.3, 0.4) is 0 Å². The van der Waals surface area contributed by atoms with Crippen molar-refractivity contribution in [3.05, 3.63) is 0 Å². The number of carbonyl (C=O) groups excluding carboxylic acids is 2.